The fourth-order valence-electron chi connectivity index (χ4n) is 1.97. The first-order chi connectivity index (χ1) is 7.34. The maximum atomic E-state index is 5.87. The number of aromatic amines is 1. The molecule has 3 N–H and O–H groups in total. The maximum Gasteiger partial charge on any atom is 0.182 e. The SMILES string of the molecule is NC1CCN(c2ncnc3nc[nH]c23)C1. The Morgan fingerprint density at radius 1 is 1.40 bits per heavy atom. The van der Waals surface area contributed by atoms with Crippen molar-refractivity contribution in [3.05, 3.63) is 12.7 Å². The van der Waals surface area contributed by atoms with E-state index in [-0.39, 0.29) is 6.04 Å². The van der Waals surface area contributed by atoms with E-state index in [1.54, 1.807) is 12.7 Å². The molecular weight excluding hydrogens is 192 g/mol. The minimum absolute atomic E-state index is 0.248. The minimum atomic E-state index is 0.248. The van der Waals surface area contributed by atoms with Crippen LogP contribution in [0.2, 0.25) is 0 Å². The molecule has 6 nitrogen and oxygen atoms in total. The van der Waals surface area contributed by atoms with E-state index in [2.05, 4.69) is 24.8 Å². The van der Waals surface area contributed by atoms with Crippen LogP contribution in [-0.2, 0) is 0 Å². The summed E-state index contributed by atoms with van der Waals surface area (Å²) < 4.78 is 0. The zero-order valence-corrected chi connectivity index (χ0v) is 8.22. The monoisotopic (exact) mass is 204 g/mol. The van der Waals surface area contributed by atoms with E-state index in [1.165, 1.54) is 0 Å². The summed E-state index contributed by atoms with van der Waals surface area (Å²) in [5, 5.41) is 0. The molecule has 0 saturated carbocycles. The molecule has 1 fully saturated rings. The molecule has 3 rings (SSSR count). The van der Waals surface area contributed by atoms with E-state index < -0.39 is 0 Å². The van der Waals surface area contributed by atoms with Gasteiger partial charge in [0.1, 0.15) is 11.8 Å². The molecule has 1 saturated heterocycles. The van der Waals surface area contributed by atoms with Crippen LogP contribution in [0.5, 0.6) is 0 Å². The highest BCUT2D eigenvalue weighted by Gasteiger charge is 2.22. The van der Waals surface area contributed by atoms with Crippen molar-refractivity contribution in [1.82, 2.24) is 19.9 Å². The Morgan fingerprint density at radius 3 is 3.13 bits per heavy atom. The van der Waals surface area contributed by atoms with Crippen molar-refractivity contribution in [2.45, 2.75) is 12.5 Å². The van der Waals surface area contributed by atoms with Gasteiger partial charge in [-0.05, 0) is 6.42 Å². The highest BCUT2D eigenvalue weighted by Crippen LogP contribution is 2.22. The predicted molar refractivity (Wildman–Crippen MR) is 56.5 cm³/mol. The number of nitrogens with two attached hydrogens (primary N) is 1. The largest absolute Gasteiger partial charge is 0.353 e. The third kappa shape index (κ3) is 1.33. The first-order valence-electron chi connectivity index (χ1n) is 4.99. The molecule has 0 amide bonds. The lowest BCUT2D eigenvalue weighted by Gasteiger charge is -2.16. The van der Waals surface area contributed by atoms with Crippen molar-refractivity contribution in [1.29, 1.82) is 0 Å². The van der Waals surface area contributed by atoms with Crippen molar-refractivity contribution in [3.8, 4) is 0 Å². The Labute approximate surface area is 86.5 Å². The van der Waals surface area contributed by atoms with Gasteiger partial charge in [0.05, 0.1) is 6.33 Å². The summed E-state index contributed by atoms with van der Waals surface area (Å²) in [5.41, 5.74) is 7.47. The maximum absolute atomic E-state index is 5.87. The van der Waals surface area contributed by atoms with Gasteiger partial charge in [0.2, 0.25) is 0 Å². The Kier molecular flexibility index (Phi) is 1.81. The highest BCUT2D eigenvalue weighted by molar-refractivity contribution is 5.82. The topological polar surface area (TPSA) is 83.7 Å². The van der Waals surface area contributed by atoms with E-state index >= 15 is 0 Å². The second kappa shape index (κ2) is 3.16. The summed E-state index contributed by atoms with van der Waals surface area (Å²) in [6.07, 6.45) is 4.20. The van der Waals surface area contributed by atoms with Gasteiger partial charge < -0.3 is 15.6 Å². The van der Waals surface area contributed by atoms with Crippen LogP contribution in [0.3, 0.4) is 0 Å². The number of hydrogen-bond acceptors (Lipinski definition) is 5. The van der Waals surface area contributed by atoms with Crippen molar-refractivity contribution in [3.63, 3.8) is 0 Å². The Morgan fingerprint density at radius 2 is 2.33 bits per heavy atom. The molecule has 0 aromatic carbocycles. The van der Waals surface area contributed by atoms with E-state index in [0.29, 0.717) is 5.65 Å². The van der Waals surface area contributed by atoms with Crippen LogP contribution in [0.25, 0.3) is 11.2 Å². The van der Waals surface area contributed by atoms with Gasteiger partial charge in [-0.2, -0.15) is 0 Å². The van der Waals surface area contributed by atoms with Crippen LogP contribution in [0.4, 0.5) is 5.82 Å². The second-order valence-corrected chi connectivity index (χ2v) is 3.79. The fourth-order valence-corrected chi connectivity index (χ4v) is 1.97. The number of imidazole rings is 1. The molecule has 0 bridgehead atoms. The average Bonchev–Trinajstić information content (AvgIpc) is 2.84. The third-order valence-corrected chi connectivity index (χ3v) is 2.73. The van der Waals surface area contributed by atoms with Gasteiger partial charge in [0.15, 0.2) is 11.5 Å². The number of nitrogens with zero attached hydrogens (tertiary/aromatic N) is 4. The molecule has 0 aliphatic carbocycles. The molecule has 2 aromatic rings. The lowest BCUT2D eigenvalue weighted by Crippen LogP contribution is -2.27. The Hall–Kier alpha value is -1.69. The van der Waals surface area contributed by atoms with Crippen LogP contribution in [0.1, 0.15) is 6.42 Å². The molecule has 78 valence electrons. The summed E-state index contributed by atoms with van der Waals surface area (Å²) in [6, 6.07) is 0.248. The van der Waals surface area contributed by atoms with Crippen LogP contribution in [0.15, 0.2) is 12.7 Å². The molecule has 1 aliphatic rings. The van der Waals surface area contributed by atoms with E-state index in [1.807, 2.05) is 0 Å². The quantitative estimate of drug-likeness (QED) is 0.677. The summed E-state index contributed by atoms with van der Waals surface area (Å²) in [5.74, 6) is 0.908. The van der Waals surface area contributed by atoms with Gasteiger partial charge in [-0.25, -0.2) is 15.0 Å². The summed E-state index contributed by atoms with van der Waals surface area (Å²) >= 11 is 0. The van der Waals surface area contributed by atoms with Crippen LogP contribution in [0, 0.1) is 0 Å². The molecule has 2 aromatic heterocycles. The molecule has 6 heteroatoms. The number of H-pyrrole nitrogens is 1. The van der Waals surface area contributed by atoms with Gasteiger partial charge >= 0.3 is 0 Å². The Balaban J connectivity index is 2.06. The normalized spacial score (nSPS) is 21.4. The van der Waals surface area contributed by atoms with Gasteiger partial charge in [-0.1, -0.05) is 0 Å². The molecular formula is C9H12N6. The molecule has 1 unspecified atom stereocenters. The van der Waals surface area contributed by atoms with Crippen molar-refractivity contribution in [2.24, 2.45) is 5.73 Å². The molecule has 15 heavy (non-hydrogen) atoms. The number of fused-ring (bicyclic) bond motifs is 1. The molecule has 3 heterocycles. The molecule has 1 aliphatic heterocycles. The zero-order chi connectivity index (χ0) is 10.3. The van der Waals surface area contributed by atoms with E-state index in [9.17, 15) is 0 Å². The van der Waals surface area contributed by atoms with Crippen LogP contribution >= 0.6 is 0 Å². The van der Waals surface area contributed by atoms with Crippen molar-refractivity contribution < 1.29 is 0 Å². The van der Waals surface area contributed by atoms with Gasteiger partial charge in [-0.3, -0.25) is 0 Å². The van der Waals surface area contributed by atoms with Gasteiger partial charge in [0, 0.05) is 19.1 Å². The second-order valence-electron chi connectivity index (χ2n) is 3.79. The summed E-state index contributed by atoms with van der Waals surface area (Å²) in [6.45, 7) is 1.80. The highest BCUT2D eigenvalue weighted by atomic mass is 15.2. The number of aromatic nitrogens is 4. The first kappa shape index (κ1) is 8.60. The average molecular weight is 204 g/mol. The predicted octanol–water partition coefficient (Wildman–Crippen LogP) is -0.110. The smallest absolute Gasteiger partial charge is 0.182 e. The number of hydrogen-bond donors (Lipinski definition) is 2. The van der Waals surface area contributed by atoms with E-state index in [0.717, 1.165) is 30.8 Å². The lowest BCUT2D eigenvalue weighted by molar-refractivity contribution is 0.751. The van der Waals surface area contributed by atoms with Crippen molar-refractivity contribution in [2.75, 3.05) is 18.0 Å². The minimum Gasteiger partial charge on any atom is -0.353 e. The van der Waals surface area contributed by atoms with Gasteiger partial charge in [-0.15, -0.1) is 0 Å². The molecule has 0 radical (unpaired) electrons. The van der Waals surface area contributed by atoms with Crippen molar-refractivity contribution >= 4 is 17.0 Å². The fraction of sp³-hybridized carbons (Fsp3) is 0.444. The van der Waals surface area contributed by atoms with E-state index in [4.69, 9.17) is 5.73 Å². The number of rotatable bonds is 1. The standard InChI is InChI=1S/C9H12N6/c10-6-1-2-15(3-6)9-7-8(12-4-11-7)13-5-14-9/h4-6H,1-3,10H2,(H,11,12,13,14). The molecule has 1 atom stereocenters. The lowest BCUT2D eigenvalue weighted by atomic mass is 10.3. The van der Waals surface area contributed by atoms with Gasteiger partial charge in [0.25, 0.3) is 0 Å². The zero-order valence-electron chi connectivity index (χ0n) is 8.22. The summed E-state index contributed by atoms with van der Waals surface area (Å²) in [7, 11) is 0. The van der Waals surface area contributed by atoms with Crippen LogP contribution < -0.4 is 10.6 Å². The summed E-state index contributed by atoms with van der Waals surface area (Å²) in [4.78, 5) is 17.7. The number of nitrogens with one attached hydrogen (secondary N) is 1. The first-order valence-corrected chi connectivity index (χ1v) is 4.99. The van der Waals surface area contributed by atoms with Crippen LogP contribution in [-0.4, -0.2) is 39.1 Å². The number of anilines is 1. The molecule has 0 spiro atoms. The Bertz CT molecular complexity index is 478. The third-order valence-electron chi connectivity index (χ3n) is 2.73.